The summed E-state index contributed by atoms with van der Waals surface area (Å²) < 4.78 is 7.37. The number of piperidine rings is 1. The van der Waals surface area contributed by atoms with E-state index >= 15 is 0 Å². The van der Waals surface area contributed by atoms with Crippen LogP contribution < -0.4 is 0 Å². The van der Waals surface area contributed by atoms with Crippen molar-refractivity contribution in [2.24, 2.45) is 11.8 Å². The number of methoxy groups -OCH3 is 1. The third kappa shape index (κ3) is 2.41. The third-order valence-corrected chi connectivity index (χ3v) is 6.09. The van der Waals surface area contributed by atoms with Crippen molar-refractivity contribution < 1.29 is 14.3 Å². The van der Waals surface area contributed by atoms with Gasteiger partial charge in [0.1, 0.15) is 12.3 Å². The van der Waals surface area contributed by atoms with Gasteiger partial charge < -0.3 is 14.1 Å². The summed E-state index contributed by atoms with van der Waals surface area (Å²) in [5.74, 6) is 0.469. The number of benzene rings is 1. The number of likely N-dealkylation sites (tertiary alicyclic amines) is 1. The number of nitrogens with zero attached hydrogens (tertiary/aromatic N) is 2. The minimum absolute atomic E-state index is 0.159. The zero-order valence-electron chi connectivity index (χ0n) is 14.7. The van der Waals surface area contributed by atoms with Crippen molar-refractivity contribution in [3.8, 4) is 0 Å². The molecule has 0 radical (unpaired) electrons. The van der Waals surface area contributed by atoms with Crippen molar-refractivity contribution in [3.05, 3.63) is 36.0 Å². The molecule has 0 aliphatic carbocycles. The van der Waals surface area contributed by atoms with Gasteiger partial charge in [0.2, 0.25) is 0 Å². The first-order valence-corrected chi connectivity index (χ1v) is 9.05. The van der Waals surface area contributed by atoms with E-state index in [0.29, 0.717) is 12.5 Å². The summed E-state index contributed by atoms with van der Waals surface area (Å²) in [6.07, 6.45) is 2.89. The Morgan fingerprint density at radius 2 is 2.16 bits per heavy atom. The van der Waals surface area contributed by atoms with Gasteiger partial charge in [-0.2, -0.15) is 0 Å². The minimum Gasteiger partial charge on any atom is -0.467 e. The fourth-order valence-corrected chi connectivity index (χ4v) is 4.94. The molecule has 2 aliphatic rings. The van der Waals surface area contributed by atoms with Crippen LogP contribution in [0.1, 0.15) is 37.5 Å². The zero-order valence-corrected chi connectivity index (χ0v) is 14.7. The molecule has 4 rings (SSSR count). The lowest BCUT2D eigenvalue weighted by molar-refractivity contribution is -0.150. The van der Waals surface area contributed by atoms with Crippen LogP contribution in [0.15, 0.2) is 30.3 Å². The number of fused-ring (bicyclic) bond motifs is 6. The van der Waals surface area contributed by atoms with Crippen LogP contribution in [-0.2, 0) is 14.3 Å². The quantitative estimate of drug-likeness (QED) is 0.634. The number of carbonyl (C=O) groups excluding carboxylic acids is 2. The minimum atomic E-state index is -0.278. The maximum absolute atomic E-state index is 12.7. The average molecular weight is 340 g/mol. The molecule has 1 fully saturated rings. The van der Waals surface area contributed by atoms with E-state index in [1.807, 2.05) is 12.1 Å². The normalized spacial score (nSPS) is 28.6. The van der Waals surface area contributed by atoms with Crippen LogP contribution >= 0.6 is 0 Å². The molecule has 2 aromatic rings. The van der Waals surface area contributed by atoms with E-state index in [1.165, 1.54) is 7.11 Å². The number of aldehydes is 1. The summed E-state index contributed by atoms with van der Waals surface area (Å²) in [5, 5.41) is 1.14. The van der Waals surface area contributed by atoms with E-state index < -0.39 is 0 Å². The first kappa shape index (κ1) is 16.3. The van der Waals surface area contributed by atoms with Crippen molar-refractivity contribution in [1.82, 2.24) is 9.47 Å². The molecule has 5 nitrogen and oxygen atoms in total. The number of carbonyl (C=O) groups is 2. The van der Waals surface area contributed by atoms with Gasteiger partial charge in [-0.25, -0.2) is 4.79 Å². The third-order valence-electron chi connectivity index (χ3n) is 6.09. The molecule has 2 bridgehead atoms. The van der Waals surface area contributed by atoms with Crippen LogP contribution in [0.5, 0.6) is 0 Å². The van der Waals surface area contributed by atoms with Gasteiger partial charge in [-0.15, -0.1) is 0 Å². The molecule has 0 N–H and O–H groups in total. The van der Waals surface area contributed by atoms with Gasteiger partial charge in [0.05, 0.1) is 19.7 Å². The van der Waals surface area contributed by atoms with E-state index in [2.05, 4.69) is 34.6 Å². The summed E-state index contributed by atoms with van der Waals surface area (Å²) in [5.41, 5.74) is 2.20. The summed E-state index contributed by atoms with van der Waals surface area (Å²) in [6, 6.07) is 10.3. The van der Waals surface area contributed by atoms with Crippen LogP contribution in [0.25, 0.3) is 10.9 Å². The van der Waals surface area contributed by atoms with Crippen LogP contribution in [0.3, 0.4) is 0 Å². The Morgan fingerprint density at radius 3 is 2.88 bits per heavy atom. The molecule has 0 amide bonds. The molecule has 1 unspecified atom stereocenters. The molecule has 0 spiro atoms. The molecule has 1 saturated heterocycles. The fourth-order valence-electron chi connectivity index (χ4n) is 4.94. The highest BCUT2D eigenvalue weighted by atomic mass is 16.5. The Balaban J connectivity index is 1.93. The molecule has 132 valence electrons. The maximum atomic E-state index is 12.7. The molecule has 4 atom stereocenters. The van der Waals surface area contributed by atoms with E-state index in [0.717, 1.165) is 42.3 Å². The van der Waals surface area contributed by atoms with Crippen molar-refractivity contribution in [1.29, 1.82) is 0 Å². The zero-order chi connectivity index (χ0) is 17.6. The smallest absolute Gasteiger partial charge is 0.329 e. The lowest BCUT2D eigenvalue weighted by Crippen LogP contribution is -2.51. The van der Waals surface area contributed by atoms with Crippen LogP contribution in [0.4, 0.5) is 0 Å². The molecule has 0 saturated carbocycles. The van der Waals surface area contributed by atoms with Gasteiger partial charge in [-0.3, -0.25) is 4.90 Å². The van der Waals surface area contributed by atoms with Crippen molar-refractivity contribution in [2.45, 2.75) is 31.8 Å². The van der Waals surface area contributed by atoms with E-state index in [-0.39, 0.29) is 24.0 Å². The van der Waals surface area contributed by atoms with Crippen LogP contribution in [-0.4, -0.2) is 41.9 Å². The molecular weight excluding hydrogens is 316 g/mol. The second kappa shape index (κ2) is 6.30. The van der Waals surface area contributed by atoms with Gasteiger partial charge >= 0.3 is 5.97 Å². The molecule has 1 aromatic heterocycles. The topological polar surface area (TPSA) is 51.5 Å². The van der Waals surface area contributed by atoms with Crippen LogP contribution in [0.2, 0.25) is 0 Å². The highest BCUT2D eigenvalue weighted by Gasteiger charge is 2.48. The van der Waals surface area contributed by atoms with Gasteiger partial charge in [0, 0.05) is 17.8 Å². The second-order valence-electron chi connectivity index (χ2n) is 7.17. The summed E-state index contributed by atoms with van der Waals surface area (Å²) in [7, 11) is 1.47. The fraction of sp³-hybridized carbons (Fsp3) is 0.500. The summed E-state index contributed by atoms with van der Waals surface area (Å²) in [4.78, 5) is 26.2. The molecule has 5 heteroatoms. The Labute approximate surface area is 147 Å². The Morgan fingerprint density at radius 1 is 1.36 bits per heavy atom. The van der Waals surface area contributed by atoms with Crippen molar-refractivity contribution >= 4 is 23.2 Å². The summed E-state index contributed by atoms with van der Waals surface area (Å²) in [6.45, 7) is 3.47. The van der Waals surface area contributed by atoms with Gasteiger partial charge in [0.15, 0.2) is 0 Å². The van der Waals surface area contributed by atoms with Crippen molar-refractivity contribution in [3.63, 3.8) is 0 Å². The van der Waals surface area contributed by atoms with Gasteiger partial charge in [-0.05, 0) is 35.8 Å². The lowest BCUT2D eigenvalue weighted by atomic mass is 9.73. The van der Waals surface area contributed by atoms with Crippen molar-refractivity contribution in [2.75, 3.05) is 20.2 Å². The Kier molecular flexibility index (Phi) is 4.12. The Bertz CT molecular complexity index is 812. The highest BCUT2D eigenvalue weighted by molar-refractivity contribution is 5.85. The number of para-hydroxylation sites is 1. The number of rotatable bonds is 4. The number of ether oxygens (including phenoxy) is 1. The number of esters is 1. The predicted molar refractivity (Wildman–Crippen MR) is 95.3 cm³/mol. The Hall–Kier alpha value is -2.14. The van der Waals surface area contributed by atoms with Gasteiger partial charge in [-0.1, -0.05) is 31.5 Å². The largest absolute Gasteiger partial charge is 0.467 e. The van der Waals surface area contributed by atoms with E-state index in [1.54, 1.807) is 0 Å². The van der Waals surface area contributed by atoms with E-state index in [9.17, 15) is 9.59 Å². The van der Waals surface area contributed by atoms with Crippen LogP contribution in [0, 0.1) is 11.8 Å². The first-order chi connectivity index (χ1) is 12.2. The monoisotopic (exact) mass is 340 g/mol. The first-order valence-electron chi connectivity index (χ1n) is 9.05. The number of hydrogen-bond donors (Lipinski definition) is 0. The van der Waals surface area contributed by atoms with E-state index in [4.69, 9.17) is 4.74 Å². The average Bonchev–Trinajstić information content (AvgIpc) is 3.03. The lowest BCUT2D eigenvalue weighted by Gasteiger charge is -2.50. The van der Waals surface area contributed by atoms with Gasteiger partial charge in [0.25, 0.3) is 0 Å². The molecular formula is C20H24N2O3. The molecule has 25 heavy (non-hydrogen) atoms. The number of hydrogen-bond acceptors (Lipinski definition) is 4. The standard InChI is InChI=1S/C20H24N2O3/c1-3-13-12-21(8-9-23)17-11-15(13)19(20(24)25-2)22-16-7-5-4-6-14(16)10-18(17)22/h4-7,9-10,13,15,17,19H,3,8,11-12H2,1-2H3/t13?,15-,17-,19+/m0/s1. The molecule has 3 heterocycles. The predicted octanol–water partition coefficient (Wildman–Crippen LogP) is 2.96. The highest BCUT2D eigenvalue weighted by Crippen LogP contribution is 2.50. The summed E-state index contributed by atoms with van der Waals surface area (Å²) >= 11 is 0. The second-order valence-corrected chi connectivity index (χ2v) is 7.17. The SMILES string of the molecule is CCC1CN(CC=O)[C@H]2C[C@@H]1[C@H](C(=O)OC)n1c2cc2ccccc21. The molecule has 2 aliphatic heterocycles. The molecule has 1 aromatic carbocycles. The maximum Gasteiger partial charge on any atom is 0.329 e. The number of aromatic nitrogens is 1.